The Balaban J connectivity index is 2.85. The number of carboxylic acids is 1. The monoisotopic (exact) mass is 665 g/mol. The third-order valence-corrected chi connectivity index (χ3v) is 5.72. The van der Waals surface area contributed by atoms with Gasteiger partial charge in [0.25, 0.3) is 0 Å². The van der Waals surface area contributed by atoms with Gasteiger partial charge in [-0.05, 0) is 79.0 Å². The third-order valence-electron chi connectivity index (χ3n) is 5.72. The number of nitrogens with two attached hydrogens (primary N) is 2. The fourth-order valence-electron chi connectivity index (χ4n) is 3.66. The Morgan fingerprint density at radius 1 is 0.851 bits per heavy atom. The molecule has 1 aromatic rings. The van der Waals surface area contributed by atoms with Crippen LogP contribution in [0.3, 0.4) is 0 Å². The average molecular weight is 666 g/mol. The van der Waals surface area contributed by atoms with Crippen molar-refractivity contribution < 1.29 is 48.1 Å². The number of aliphatic imine (C=N–C) groups is 1. The molecule has 262 valence electrons. The number of carbonyl (C=O) groups is 6. The van der Waals surface area contributed by atoms with Gasteiger partial charge in [-0.15, -0.1) is 0 Å². The van der Waals surface area contributed by atoms with Crippen LogP contribution in [0.4, 0.5) is 9.59 Å². The lowest BCUT2D eigenvalue weighted by Crippen LogP contribution is -2.55. The van der Waals surface area contributed by atoms with Gasteiger partial charge in [0.15, 0.2) is 5.96 Å². The molecular weight excluding hydrogens is 618 g/mol. The molecule has 9 N–H and O–H groups in total. The largest absolute Gasteiger partial charge is 0.514 e. The molecular formula is C30H47N7O10. The van der Waals surface area contributed by atoms with Crippen molar-refractivity contribution in [2.75, 3.05) is 13.1 Å². The van der Waals surface area contributed by atoms with Crippen molar-refractivity contribution in [1.82, 2.24) is 21.3 Å². The molecule has 1 rings (SSSR count). The zero-order chi connectivity index (χ0) is 35.9. The molecule has 0 saturated heterocycles. The highest BCUT2D eigenvalue weighted by Gasteiger charge is 2.28. The number of hydrogen-bond acceptors (Lipinski definition) is 10. The van der Waals surface area contributed by atoms with E-state index in [1.807, 2.05) is 0 Å². The van der Waals surface area contributed by atoms with E-state index < -0.39 is 71.8 Å². The van der Waals surface area contributed by atoms with E-state index in [0.717, 1.165) is 0 Å². The highest BCUT2D eigenvalue weighted by Crippen LogP contribution is 2.17. The Labute approximate surface area is 273 Å². The Morgan fingerprint density at radius 3 is 1.98 bits per heavy atom. The molecule has 47 heavy (non-hydrogen) atoms. The van der Waals surface area contributed by atoms with Crippen molar-refractivity contribution >= 4 is 41.9 Å². The molecule has 17 heteroatoms. The number of benzene rings is 1. The van der Waals surface area contributed by atoms with E-state index >= 15 is 0 Å². The first kappa shape index (κ1) is 39.9. The van der Waals surface area contributed by atoms with Crippen LogP contribution in [0.1, 0.15) is 66.9 Å². The van der Waals surface area contributed by atoms with Gasteiger partial charge in [0.2, 0.25) is 17.7 Å². The lowest BCUT2D eigenvalue weighted by atomic mass is 10.0. The highest BCUT2D eigenvalue weighted by atomic mass is 16.7. The molecule has 0 saturated carbocycles. The molecule has 0 aliphatic heterocycles. The Morgan fingerprint density at radius 2 is 1.45 bits per heavy atom. The number of hydrogen-bond donors (Lipinski definition) is 7. The second-order valence-electron chi connectivity index (χ2n) is 12.5. The maximum absolute atomic E-state index is 13.2. The van der Waals surface area contributed by atoms with Gasteiger partial charge >= 0.3 is 18.2 Å². The fraction of sp³-hybridized carbons (Fsp3) is 0.567. The van der Waals surface area contributed by atoms with E-state index in [0.29, 0.717) is 5.56 Å². The molecule has 1 aromatic carbocycles. The van der Waals surface area contributed by atoms with E-state index in [2.05, 4.69) is 26.3 Å². The van der Waals surface area contributed by atoms with Gasteiger partial charge in [0.05, 0.1) is 6.54 Å². The molecule has 4 amide bonds. The smallest absolute Gasteiger partial charge is 0.480 e. The van der Waals surface area contributed by atoms with E-state index in [-0.39, 0.29) is 37.5 Å². The van der Waals surface area contributed by atoms with Gasteiger partial charge in [-0.3, -0.25) is 19.4 Å². The Hall–Kier alpha value is -5.09. The minimum absolute atomic E-state index is 0.0334. The normalized spacial score (nSPS) is 13.1. The second kappa shape index (κ2) is 18.2. The maximum Gasteiger partial charge on any atom is 0.514 e. The first-order valence-electron chi connectivity index (χ1n) is 14.8. The highest BCUT2D eigenvalue weighted by molar-refractivity contribution is 5.93. The lowest BCUT2D eigenvalue weighted by Gasteiger charge is -2.24. The summed E-state index contributed by atoms with van der Waals surface area (Å²) < 4.78 is 15.6. The number of nitrogens with zero attached hydrogens (tertiary/aromatic N) is 1. The van der Waals surface area contributed by atoms with Gasteiger partial charge in [-0.25, -0.2) is 14.4 Å². The van der Waals surface area contributed by atoms with Crippen molar-refractivity contribution in [1.29, 1.82) is 0 Å². The zero-order valence-corrected chi connectivity index (χ0v) is 27.8. The van der Waals surface area contributed by atoms with Crippen LogP contribution in [-0.2, 0) is 35.1 Å². The van der Waals surface area contributed by atoms with Crippen molar-refractivity contribution in [2.24, 2.45) is 16.5 Å². The molecule has 0 aliphatic rings. The number of alkyl carbamates (subject to hydrolysis) is 1. The number of carboxylic acid groups (broad SMARTS) is 1. The number of ether oxygens (including phenoxy) is 3. The minimum atomic E-state index is -1.27. The second-order valence-corrected chi connectivity index (χ2v) is 12.5. The predicted molar refractivity (Wildman–Crippen MR) is 170 cm³/mol. The summed E-state index contributed by atoms with van der Waals surface area (Å²) in [5.41, 5.74) is 9.43. The van der Waals surface area contributed by atoms with Crippen LogP contribution >= 0.6 is 0 Å². The Bertz CT molecular complexity index is 1280. The molecule has 0 spiro atoms. The van der Waals surface area contributed by atoms with Crippen LogP contribution in [0.5, 0.6) is 5.75 Å². The van der Waals surface area contributed by atoms with E-state index in [4.69, 9.17) is 25.7 Å². The maximum atomic E-state index is 13.2. The Kier molecular flexibility index (Phi) is 15.4. The molecule has 3 unspecified atom stereocenters. The molecule has 3 atom stereocenters. The van der Waals surface area contributed by atoms with E-state index in [1.165, 1.54) is 19.1 Å². The summed E-state index contributed by atoms with van der Waals surface area (Å²) in [6.07, 6.45) is -1.46. The first-order valence-corrected chi connectivity index (χ1v) is 14.8. The summed E-state index contributed by atoms with van der Waals surface area (Å²) in [5, 5.41) is 19.0. The van der Waals surface area contributed by atoms with E-state index in [1.54, 1.807) is 53.7 Å². The number of aliphatic carboxylic acids is 1. The van der Waals surface area contributed by atoms with Crippen LogP contribution in [-0.4, -0.2) is 89.4 Å². The van der Waals surface area contributed by atoms with Gasteiger partial charge < -0.3 is 52.1 Å². The average Bonchev–Trinajstić information content (AvgIpc) is 2.91. The SMILES string of the molecule is CC(NC(=O)C(Cc1ccc(OC(=O)OC(C)(C)C)cc1)NC(=O)OC(C)(C)C)C(=O)NCC(=O)NC(CCCN=C(N)N)C(=O)O. The van der Waals surface area contributed by atoms with Crippen LogP contribution in [0.2, 0.25) is 0 Å². The van der Waals surface area contributed by atoms with Crippen molar-refractivity contribution in [3.8, 4) is 5.75 Å². The third kappa shape index (κ3) is 17.8. The summed E-state index contributed by atoms with van der Waals surface area (Å²) >= 11 is 0. The van der Waals surface area contributed by atoms with Gasteiger partial charge in [-0.1, -0.05) is 12.1 Å². The molecule has 0 bridgehead atoms. The number of carbonyl (C=O) groups excluding carboxylic acids is 5. The van der Waals surface area contributed by atoms with Crippen molar-refractivity contribution in [3.63, 3.8) is 0 Å². The zero-order valence-electron chi connectivity index (χ0n) is 27.8. The topological polar surface area (TPSA) is 263 Å². The number of guanidine groups is 1. The first-order chi connectivity index (χ1) is 21.6. The van der Waals surface area contributed by atoms with Crippen LogP contribution in [0, 0.1) is 0 Å². The molecule has 0 aromatic heterocycles. The fourth-order valence-corrected chi connectivity index (χ4v) is 3.66. The van der Waals surface area contributed by atoms with Gasteiger partial charge in [-0.2, -0.15) is 0 Å². The summed E-state index contributed by atoms with van der Waals surface area (Å²) in [7, 11) is 0. The number of amides is 4. The van der Waals surface area contributed by atoms with Crippen LogP contribution in [0.15, 0.2) is 29.3 Å². The number of nitrogens with one attached hydrogen (secondary N) is 4. The molecule has 0 radical (unpaired) electrons. The summed E-state index contributed by atoms with van der Waals surface area (Å²) in [6, 6.07) is 2.55. The van der Waals surface area contributed by atoms with Gasteiger partial charge in [0, 0.05) is 13.0 Å². The van der Waals surface area contributed by atoms with Crippen LogP contribution < -0.4 is 37.5 Å². The molecule has 0 aliphatic carbocycles. The summed E-state index contributed by atoms with van der Waals surface area (Å²) in [5.74, 6) is -3.47. The minimum Gasteiger partial charge on any atom is -0.480 e. The van der Waals surface area contributed by atoms with Crippen molar-refractivity contribution in [3.05, 3.63) is 29.8 Å². The van der Waals surface area contributed by atoms with Crippen LogP contribution in [0.25, 0.3) is 0 Å². The lowest BCUT2D eigenvalue weighted by molar-refractivity contribution is -0.142. The van der Waals surface area contributed by atoms with E-state index in [9.17, 15) is 33.9 Å². The molecule has 17 nitrogen and oxygen atoms in total. The predicted octanol–water partition coefficient (Wildman–Crippen LogP) is 0.680. The number of rotatable bonds is 15. The van der Waals surface area contributed by atoms with Crippen molar-refractivity contribution in [2.45, 2.75) is 97.1 Å². The quantitative estimate of drug-likeness (QED) is 0.0448. The summed E-state index contributed by atoms with van der Waals surface area (Å²) in [6.45, 7) is 11.0. The standard InChI is InChI=1S/C30H47N7O10/c1-17(23(39)34-16-22(38)36-20(25(41)42)9-8-14-33-26(31)32)35-24(40)21(37-27(43)46-29(2,3)4)15-18-10-12-19(13-11-18)45-28(44)47-30(5,6)7/h10-13,17,20-21H,8-9,14-16H2,1-7H3,(H,34,39)(H,35,40)(H,36,38)(H,37,43)(H,41,42)(H4,31,32,33). The summed E-state index contributed by atoms with van der Waals surface area (Å²) in [4.78, 5) is 77.9. The van der Waals surface area contributed by atoms with Gasteiger partial charge in [0.1, 0.15) is 35.1 Å². The molecule has 0 heterocycles. The molecule has 0 fully saturated rings.